The summed E-state index contributed by atoms with van der Waals surface area (Å²) in [6, 6.07) is 35.7. The second-order valence-corrected chi connectivity index (χ2v) is 13.7. The van der Waals surface area contributed by atoms with Crippen molar-refractivity contribution in [3.05, 3.63) is 108 Å². The summed E-state index contributed by atoms with van der Waals surface area (Å²) in [6.45, 7) is 13.8. The average Bonchev–Trinajstić information content (AvgIpc) is 3.91. The molecule has 6 atom stereocenters. The minimum Gasteiger partial charge on any atom is -0.396 e. The number of hydrogen-bond acceptors (Lipinski definition) is 5. The lowest BCUT2D eigenvalue weighted by Gasteiger charge is -2.24. The third-order valence-electron chi connectivity index (χ3n) is 10.3. The molecule has 3 aromatic rings. The molecule has 6 rings (SSSR count). The minimum atomic E-state index is 0.331. The van der Waals surface area contributed by atoms with E-state index in [1.54, 1.807) is 0 Å². The van der Waals surface area contributed by atoms with Crippen LogP contribution in [0.15, 0.2) is 91.0 Å². The quantitative estimate of drug-likeness (QED) is 0.238. The van der Waals surface area contributed by atoms with Crippen molar-refractivity contribution in [2.24, 2.45) is 17.8 Å². The predicted molar refractivity (Wildman–Crippen MR) is 192 cm³/mol. The number of nitriles is 1. The Morgan fingerprint density at radius 1 is 0.630 bits per heavy atom. The van der Waals surface area contributed by atoms with Crippen LogP contribution in [-0.4, -0.2) is 71.6 Å². The molecule has 0 aliphatic carbocycles. The van der Waals surface area contributed by atoms with E-state index < -0.39 is 0 Å². The number of aliphatic hydroxyl groups is 1. The lowest BCUT2D eigenvalue weighted by Crippen LogP contribution is -2.25. The van der Waals surface area contributed by atoms with Crippen molar-refractivity contribution < 1.29 is 5.11 Å². The van der Waals surface area contributed by atoms with E-state index in [4.69, 9.17) is 22.0 Å². The monoisotopic (exact) mass is 642 g/mol. The number of hydrogen-bond donors (Lipinski definition) is 1. The highest BCUT2D eigenvalue weighted by molar-refractivity contribution is 6.18. The van der Waals surface area contributed by atoms with Crippen LogP contribution in [0.25, 0.3) is 0 Å². The second kappa shape index (κ2) is 19.2. The van der Waals surface area contributed by atoms with Crippen molar-refractivity contribution in [3.63, 3.8) is 0 Å². The summed E-state index contributed by atoms with van der Waals surface area (Å²) in [5.41, 5.74) is 4.16. The van der Waals surface area contributed by atoms with Crippen LogP contribution in [0.3, 0.4) is 0 Å². The van der Waals surface area contributed by atoms with Crippen LogP contribution in [0.1, 0.15) is 81.3 Å². The van der Waals surface area contributed by atoms with E-state index in [0.29, 0.717) is 48.9 Å². The number of rotatable bonds is 9. The van der Waals surface area contributed by atoms with E-state index >= 15 is 0 Å². The maximum atomic E-state index is 9.11. The Labute approximate surface area is 283 Å². The van der Waals surface area contributed by atoms with Gasteiger partial charge in [-0.3, -0.25) is 14.7 Å². The molecule has 0 spiro atoms. The molecule has 0 bridgehead atoms. The molecule has 0 radical (unpaired) electrons. The van der Waals surface area contributed by atoms with Gasteiger partial charge in [-0.05, 0) is 94.1 Å². The van der Waals surface area contributed by atoms with Crippen molar-refractivity contribution in [1.29, 1.82) is 5.26 Å². The average molecular weight is 643 g/mol. The Balaban J connectivity index is 0.000000157. The van der Waals surface area contributed by atoms with E-state index in [1.165, 1.54) is 36.1 Å². The summed E-state index contributed by atoms with van der Waals surface area (Å²) in [5, 5.41) is 17.8. The van der Waals surface area contributed by atoms with Gasteiger partial charge in [0, 0.05) is 56.7 Å². The van der Waals surface area contributed by atoms with E-state index in [-0.39, 0.29) is 0 Å². The van der Waals surface area contributed by atoms with Gasteiger partial charge >= 0.3 is 0 Å². The molecule has 1 N–H and O–H groups in total. The summed E-state index contributed by atoms with van der Waals surface area (Å²) in [6.07, 6.45) is 4.26. The topological polar surface area (TPSA) is 53.7 Å². The highest BCUT2D eigenvalue weighted by Gasteiger charge is 2.28. The van der Waals surface area contributed by atoms with E-state index in [9.17, 15) is 0 Å². The number of benzene rings is 3. The maximum absolute atomic E-state index is 9.11. The molecule has 248 valence electrons. The Hall–Kier alpha value is -2.72. The first-order valence-corrected chi connectivity index (χ1v) is 17.9. The van der Waals surface area contributed by atoms with Crippen LogP contribution in [0.5, 0.6) is 0 Å². The molecule has 3 heterocycles. The van der Waals surface area contributed by atoms with E-state index in [1.807, 2.05) is 0 Å². The molecular formula is C40H55ClN4O. The number of aliphatic hydroxyl groups excluding tert-OH is 1. The Morgan fingerprint density at radius 3 is 1.30 bits per heavy atom. The van der Waals surface area contributed by atoms with Crippen LogP contribution >= 0.6 is 11.6 Å². The normalized spacial score (nSPS) is 23.8. The standard InChI is InChI=1S/C14H18N2.C13H18ClN.C13H19NO/c1-12(14-5-3-2-4-6-14)16-10-8-13(11-16)7-9-15;1-11(13-5-3-2-4-6-13)15-8-7-12(9-14)10-15;1-11(13-5-3-2-4-6-13)14-8-7-12(9-14)10-15/h2-6,12-13H,7-8,10-11H2,1H3;2-6,11-12H,7-10H2,1H3;2-6,11-12,15H,7-10H2,1H3/t12-,13-;11-,12+;11-,12-/m000/s1. The van der Waals surface area contributed by atoms with Crippen LogP contribution in [0, 0.1) is 29.1 Å². The van der Waals surface area contributed by atoms with Gasteiger partial charge in [0.15, 0.2) is 0 Å². The van der Waals surface area contributed by atoms with Gasteiger partial charge < -0.3 is 5.11 Å². The molecule has 5 nitrogen and oxygen atoms in total. The van der Waals surface area contributed by atoms with Gasteiger partial charge in [0.05, 0.1) is 6.07 Å². The zero-order chi connectivity index (χ0) is 32.7. The van der Waals surface area contributed by atoms with Crippen LogP contribution < -0.4 is 0 Å². The number of nitrogens with zero attached hydrogens (tertiary/aromatic N) is 4. The van der Waals surface area contributed by atoms with Crippen molar-refractivity contribution in [2.75, 3.05) is 51.8 Å². The van der Waals surface area contributed by atoms with E-state index in [0.717, 1.165) is 45.0 Å². The molecule has 0 saturated carbocycles. The van der Waals surface area contributed by atoms with Gasteiger partial charge in [0.1, 0.15) is 0 Å². The summed E-state index contributed by atoms with van der Waals surface area (Å²) in [5.74, 6) is 2.56. The molecule has 3 fully saturated rings. The first-order chi connectivity index (χ1) is 22.4. The fourth-order valence-corrected chi connectivity index (χ4v) is 7.29. The molecule has 46 heavy (non-hydrogen) atoms. The van der Waals surface area contributed by atoms with Crippen molar-refractivity contribution in [2.45, 2.75) is 64.6 Å². The Kier molecular flexibility index (Phi) is 15.1. The smallest absolute Gasteiger partial charge is 0.0625 e. The zero-order valence-corrected chi connectivity index (χ0v) is 29.0. The number of likely N-dealkylation sites (tertiary alicyclic amines) is 3. The number of alkyl halides is 1. The van der Waals surface area contributed by atoms with Crippen molar-refractivity contribution in [3.8, 4) is 6.07 Å². The first-order valence-electron chi connectivity index (χ1n) is 17.3. The second-order valence-electron chi connectivity index (χ2n) is 13.4. The van der Waals surface area contributed by atoms with Crippen LogP contribution in [0.4, 0.5) is 0 Å². The Bertz CT molecular complexity index is 1220. The van der Waals surface area contributed by atoms with Crippen LogP contribution in [-0.2, 0) is 0 Å². The number of halogens is 1. The largest absolute Gasteiger partial charge is 0.396 e. The lowest BCUT2D eigenvalue weighted by molar-refractivity contribution is 0.204. The highest BCUT2D eigenvalue weighted by atomic mass is 35.5. The summed E-state index contributed by atoms with van der Waals surface area (Å²) in [4.78, 5) is 7.47. The molecule has 3 aliphatic heterocycles. The summed E-state index contributed by atoms with van der Waals surface area (Å²) < 4.78 is 0. The van der Waals surface area contributed by atoms with Gasteiger partial charge in [0.25, 0.3) is 0 Å². The molecule has 3 aliphatic rings. The fraction of sp³-hybridized carbons (Fsp3) is 0.525. The Morgan fingerprint density at radius 2 is 0.978 bits per heavy atom. The van der Waals surface area contributed by atoms with Gasteiger partial charge in [-0.1, -0.05) is 91.0 Å². The first kappa shape index (κ1) is 36.1. The highest BCUT2D eigenvalue weighted by Crippen LogP contribution is 2.30. The van der Waals surface area contributed by atoms with Gasteiger partial charge in [0.2, 0.25) is 0 Å². The maximum Gasteiger partial charge on any atom is 0.0625 e. The molecular weight excluding hydrogens is 588 g/mol. The zero-order valence-electron chi connectivity index (χ0n) is 28.2. The fourth-order valence-electron chi connectivity index (χ4n) is 7.04. The lowest BCUT2D eigenvalue weighted by atomic mass is 10.1. The predicted octanol–water partition coefficient (Wildman–Crippen LogP) is 8.35. The summed E-state index contributed by atoms with van der Waals surface area (Å²) in [7, 11) is 0. The summed E-state index contributed by atoms with van der Waals surface area (Å²) >= 11 is 5.90. The molecule has 3 aromatic carbocycles. The van der Waals surface area contributed by atoms with Gasteiger partial charge in [-0.15, -0.1) is 11.6 Å². The molecule has 0 unspecified atom stereocenters. The molecule has 0 amide bonds. The minimum absolute atomic E-state index is 0.331. The van der Waals surface area contributed by atoms with Crippen LogP contribution in [0.2, 0.25) is 0 Å². The van der Waals surface area contributed by atoms with Gasteiger partial charge in [-0.25, -0.2) is 0 Å². The van der Waals surface area contributed by atoms with Crippen molar-refractivity contribution >= 4 is 11.6 Å². The SMILES string of the molecule is C[C@@H](c1ccccc1)N1CC[C@H](CC#N)C1.C[C@@H](c1ccccc1)N1CC[C@H](CCl)C1.C[C@@H](c1ccccc1)N1CC[C@H](CO)C1. The van der Waals surface area contributed by atoms with Crippen molar-refractivity contribution in [1.82, 2.24) is 14.7 Å². The van der Waals surface area contributed by atoms with E-state index in [2.05, 4.69) is 133 Å². The molecule has 0 aromatic heterocycles. The molecule has 6 heteroatoms. The third-order valence-corrected chi connectivity index (χ3v) is 10.7. The third kappa shape index (κ3) is 10.7. The van der Waals surface area contributed by atoms with Gasteiger partial charge in [-0.2, -0.15) is 5.26 Å². The molecule has 3 saturated heterocycles.